The van der Waals surface area contributed by atoms with Crippen molar-refractivity contribution in [3.05, 3.63) is 49.6 Å². The number of hydrogen-bond acceptors (Lipinski definition) is 6. The van der Waals surface area contributed by atoms with Gasteiger partial charge in [-0.25, -0.2) is 0 Å². The first-order valence-corrected chi connectivity index (χ1v) is 15.3. The monoisotopic (exact) mass is 569 g/mol. The second-order valence-corrected chi connectivity index (χ2v) is 12.5. The Morgan fingerprint density at radius 3 is 2.50 bits per heavy atom. The Morgan fingerprint density at radius 2 is 1.90 bits per heavy atom. The van der Waals surface area contributed by atoms with Crippen molar-refractivity contribution in [1.82, 2.24) is 9.80 Å². The number of hydrogen-bond donors (Lipinski definition) is 1. The summed E-state index contributed by atoms with van der Waals surface area (Å²) in [4.78, 5) is 47.8. The number of likely N-dealkylation sites (tertiary alicyclic amines) is 1. The van der Waals surface area contributed by atoms with Gasteiger partial charge >= 0.3 is 0 Å². The molecule has 1 N–H and O–H groups in total. The predicted molar refractivity (Wildman–Crippen MR) is 159 cm³/mol. The zero-order valence-electron chi connectivity index (χ0n) is 24.0. The van der Waals surface area contributed by atoms with Gasteiger partial charge in [0.1, 0.15) is 11.8 Å². The molecule has 9 heteroatoms. The van der Waals surface area contributed by atoms with Crippen LogP contribution in [0.3, 0.4) is 0 Å². The van der Waals surface area contributed by atoms with E-state index in [1.54, 1.807) is 33.7 Å². The Hall–Kier alpha value is -2.78. The summed E-state index contributed by atoms with van der Waals surface area (Å²) < 4.78 is 4.87. The Morgan fingerprint density at radius 1 is 1.20 bits per heavy atom. The van der Waals surface area contributed by atoms with E-state index in [0.29, 0.717) is 31.8 Å². The van der Waals surface area contributed by atoms with Crippen molar-refractivity contribution >= 4 is 35.2 Å². The van der Waals surface area contributed by atoms with E-state index in [9.17, 15) is 19.5 Å². The Kier molecular flexibility index (Phi) is 9.67. The van der Waals surface area contributed by atoms with E-state index < -0.39 is 22.6 Å². The number of ether oxygens (including phenoxy) is 1. The summed E-state index contributed by atoms with van der Waals surface area (Å²) in [6, 6.07) is 6.65. The lowest BCUT2D eigenvalue weighted by Crippen LogP contribution is -2.57. The molecule has 3 unspecified atom stereocenters. The lowest BCUT2D eigenvalue weighted by Gasteiger charge is -2.39. The molecule has 3 saturated heterocycles. The van der Waals surface area contributed by atoms with Crippen LogP contribution in [0.5, 0.6) is 5.75 Å². The van der Waals surface area contributed by atoms with Gasteiger partial charge in [0, 0.05) is 36.6 Å². The molecule has 6 atom stereocenters. The third kappa shape index (κ3) is 5.18. The molecule has 3 heterocycles. The lowest BCUT2D eigenvalue weighted by atomic mass is 9.70. The van der Waals surface area contributed by atoms with Crippen molar-refractivity contribution in [2.24, 2.45) is 11.8 Å². The van der Waals surface area contributed by atoms with E-state index in [0.717, 1.165) is 25.0 Å². The molecule has 4 rings (SSSR count). The van der Waals surface area contributed by atoms with Crippen LogP contribution in [-0.4, -0.2) is 87.6 Å². The van der Waals surface area contributed by atoms with Gasteiger partial charge in [-0.15, -0.1) is 24.9 Å². The van der Waals surface area contributed by atoms with E-state index in [2.05, 4.69) is 20.1 Å². The van der Waals surface area contributed by atoms with Crippen molar-refractivity contribution in [2.75, 3.05) is 37.7 Å². The number of β-amino-alcohol motifs (C(OH)–C–C–N with tert-alkyl or cyclic N) is 1. The van der Waals surface area contributed by atoms with Gasteiger partial charge in [0.2, 0.25) is 17.7 Å². The molecule has 218 valence electrons. The highest BCUT2D eigenvalue weighted by atomic mass is 32.2. The highest BCUT2D eigenvalue weighted by Crippen LogP contribution is 2.66. The van der Waals surface area contributed by atoms with E-state index in [-0.39, 0.29) is 42.2 Å². The molecule has 3 aliphatic rings. The SMILES string of the molecule is C=CCN(C(=O)[C@@H]1[C@H]2C(=O)N(CCO)C(C(=O)N(CC=C)C(C)CCC)C23CC[C@H]1S3)c1ccc(OCC)cc1. The van der Waals surface area contributed by atoms with Gasteiger partial charge in [-0.05, 0) is 57.4 Å². The van der Waals surface area contributed by atoms with Gasteiger partial charge in [0.15, 0.2) is 0 Å². The number of amides is 3. The molecule has 3 amide bonds. The number of carbonyl (C=O) groups excluding carboxylic acids is 3. The minimum Gasteiger partial charge on any atom is -0.494 e. The normalized spacial score (nSPS) is 27.3. The first-order valence-electron chi connectivity index (χ1n) is 14.4. The fraction of sp³-hybridized carbons (Fsp3) is 0.581. The van der Waals surface area contributed by atoms with Crippen LogP contribution >= 0.6 is 11.8 Å². The maximum atomic E-state index is 14.3. The van der Waals surface area contributed by atoms with Crippen molar-refractivity contribution in [3.8, 4) is 5.75 Å². The lowest BCUT2D eigenvalue weighted by molar-refractivity contribution is -0.144. The highest BCUT2D eigenvalue weighted by molar-refractivity contribution is 8.02. The van der Waals surface area contributed by atoms with Gasteiger partial charge in [-0.1, -0.05) is 25.5 Å². The molecule has 1 spiro atoms. The molecule has 0 radical (unpaired) electrons. The second kappa shape index (κ2) is 12.8. The van der Waals surface area contributed by atoms with Crippen LogP contribution in [0.15, 0.2) is 49.6 Å². The van der Waals surface area contributed by atoms with Gasteiger partial charge in [0.25, 0.3) is 0 Å². The van der Waals surface area contributed by atoms with Crippen LogP contribution in [0, 0.1) is 11.8 Å². The summed E-state index contributed by atoms with van der Waals surface area (Å²) in [5.41, 5.74) is 0.714. The average Bonchev–Trinajstić information content (AvgIpc) is 3.58. The molecule has 2 bridgehead atoms. The topological polar surface area (TPSA) is 90.4 Å². The predicted octanol–water partition coefficient (Wildman–Crippen LogP) is 3.89. The number of rotatable bonds is 14. The number of carbonyl (C=O) groups is 3. The highest BCUT2D eigenvalue weighted by Gasteiger charge is 2.74. The van der Waals surface area contributed by atoms with Crippen LogP contribution < -0.4 is 9.64 Å². The van der Waals surface area contributed by atoms with Gasteiger partial charge in [-0.3, -0.25) is 14.4 Å². The van der Waals surface area contributed by atoms with Crippen LogP contribution in [0.25, 0.3) is 0 Å². The largest absolute Gasteiger partial charge is 0.494 e. The first kappa shape index (κ1) is 30.2. The van der Waals surface area contributed by atoms with Gasteiger partial charge in [0.05, 0.1) is 29.8 Å². The standard InChI is InChI=1S/C31H43N3O5S/c1-6-10-21(5)32(17-7-2)30(38)27-31-16-15-24(40-31)25(26(31)29(37)34(27)19-20-35)28(36)33(18-8-3)22-11-13-23(14-12-22)39-9-4/h7-8,11-14,21,24-27,35H,2-3,6,9-10,15-20H2,1,4-5H3/t21?,24-,25+,26+,27?,31?/m1/s1. The van der Waals surface area contributed by atoms with E-state index in [1.165, 1.54) is 0 Å². The number of aliphatic hydroxyl groups excluding tert-OH is 1. The fourth-order valence-electron chi connectivity index (χ4n) is 6.94. The molecular formula is C31H43N3O5S. The summed E-state index contributed by atoms with van der Waals surface area (Å²) in [5.74, 6) is -0.891. The van der Waals surface area contributed by atoms with Gasteiger partial charge < -0.3 is 24.5 Å². The zero-order chi connectivity index (χ0) is 29.0. The first-order chi connectivity index (χ1) is 19.3. The summed E-state index contributed by atoms with van der Waals surface area (Å²) in [6.45, 7) is 14.8. The third-order valence-electron chi connectivity index (χ3n) is 8.54. The Balaban J connectivity index is 1.70. The van der Waals surface area contributed by atoms with Gasteiger partial charge in [-0.2, -0.15) is 0 Å². The average molecular weight is 570 g/mol. The quantitative estimate of drug-likeness (QED) is 0.342. The molecule has 0 aliphatic carbocycles. The Bertz CT molecular complexity index is 1110. The number of anilines is 1. The maximum absolute atomic E-state index is 14.3. The molecule has 8 nitrogen and oxygen atoms in total. The number of aliphatic hydroxyl groups is 1. The van der Waals surface area contributed by atoms with E-state index >= 15 is 0 Å². The zero-order valence-corrected chi connectivity index (χ0v) is 24.8. The van der Waals surface area contributed by atoms with Crippen LogP contribution in [-0.2, 0) is 14.4 Å². The number of fused-ring (bicyclic) bond motifs is 1. The molecule has 3 fully saturated rings. The molecule has 0 saturated carbocycles. The summed E-state index contributed by atoms with van der Waals surface area (Å²) >= 11 is 1.65. The maximum Gasteiger partial charge on any atom is 0.247 e. The van der Waals surface area contributed by atoms with E-state index in [1.807, 2.05) is 43.0 Å². The third-order valence-corrected chi connectivity index (χ3v) is 10.5. The van der Waals surface area contributed by atoms with Crippen LogP contribution in [0.4, 0.5) is 5.69 Å². The number of benzene rings is 1. The Labute approximate surface area is 242 Å². The van der Waals surface area contributed by atoms with E-state index in [4.69, 9.17) is 4.74 Å². The number of thioether (sulfide) groups is 1. The van der Waals surface area contributed by atoms with Crippen molar-refractivity contribution in [2.45, 2.75) is 68.5 Å². The molecule has 1 aromatic rings. The fourth-order valence-corrected chi connectivity index (χ4v) is 9.15. The van der Waals surface area contributed by atoms with Crippen molar-refractivity contribution in [3.63, 3.8) is 0 Å². The summed E-state index contributed by atoms with van der Waals surface area (Å²) in [6.07, 6.45) is 6.63. The van der Waals surface area contributed by atoms with Crippen molar-refractivity contribution in [1.29, 1.82) is 0 Å². The summed E-state index contributed by atoms with van der Waals surface area (Å²) in [5, 5.41) is 9.86. The van der Waals surface area contributed by atoms with Crippen LogP contribution in [0.1, 0.15) is 46.5 Å². The number of nitrogens with zero attached hydrogens (tertiary/aromatic N) is 3. The molecular weight excluding hydrogens is 526 g/mol. The van der Waals surface area contributed by atoms with Crippen LogP contribution in [0.2, 0.25) is 0 Å². The molecule has 3 aliphatic heterocycles. The molecule has 40 heavy (non-hydrogen) atoms. The molecule has 1 aromatic carbocycles. The smallest absolute Gasteiger partial charge is 0.247 e. The summed E-state index contributed by atoms with van der Waals surface area (Å²) in [7, 11) is 0. The minimum atomic E-state index is -0.720. The minimum absolute atomic E-state index is 0.0131. The second-order valence-electron chi connectivity index (χ2n) is 10.9. The molecule has 0 aromatic heterocycles. The van der Waals surface area contributed by atoms with Crippen molar-refractivity contribution < 1.29 is 24.2 Å².